The minimum absolute atomic E-state index is 0.0838. The van der Waals surface area contributed by atoms with Gasteiger partial charge in [-0.3, -0.25) is 0 Å². The minimum Gasteiger partial charge on any atom is -0.310 e. The van der Waals surface area contributed by atoms with Crippen LogP contribution in [-0.2, 0) is 6.42 Å². The Morgan fingerprint density at radius 2 is 2.00 bits per heavy atom. The molecular formula is C10H11F2N. The molecular weight excluding hydrogens is 172 g/mol. The zero-order valence-corrected chi connectivity index (χ0v) is 7.40. The predicted molar refractivity (Wildman–Crippen MR) is 46.5 cm³/mol. The summed E-state index contributed by atoms with van der Waals surface area (Å²) in [6, 6.07) is 2.31. The van der Waals surface area contributed by atoms with Crippen LogP contribution in [0.4, 0.5) is 8.78 Å². The van der Waals surface area contributed by atoms with Crippen molar-refractivity contribution in [1.29, 1.82) is 0 Å². The first-order valence-electron chi connectivity index (χ1n) is 4.40. The summed E-state index contributed by atoms with van der Waals surface area (Å²) < 4.78 is 26.5. The van der Waals surface area contributed by atoms with E-state index >= 15 is 0 Å². The second-order valence-electron chi connectivity index (χ2n) is 3.35. The number of hydrogen-bond donors (Lipinski definition) is 1. The summed E-state index contributed by atoms with van der Waals surface area (Å²) in [6.07, 6.45) is 0.573. The van der Waals surface area contributed by atoms with E-state index < -0.39 is 0 Å². The van der Waals surface area contributed by atoms with E-state index in [1.54, 1.807) is 0 Å². The van der Waals surface area contributed by atoms with Crippen molar-refractivity contribution in [2.24, 2.45) is 0 Å². The number of halogens is 2. The normalized spacial score (nSPS) is 21.3. The fraction of sp³-hybridized carbons (Fsp3) is 0.400. The van der Waals surface area contributed by atoms with Gasteiger partial charge in [0, 0.05) is 11.6 Å². The van der Waals surface area contributed by atoms with Gasteiger partial charge in [-0.2, -0.15) is 0 Å². The molecule has 1 aliphatic rings. The van der Waals surface area contributed by atoms with Crippen molar-refractivity contribution in [3.63, 3.8) is 0 Å². The monoisotopic (exact) mass is 183 g/mol. The Morgan fingerprint density at radius 1 is 1.31 bits per heavy atom. The predicted octanol–water partition coefficient (Wildman–Crippen LogP) is 2.17. The minimum atomic E-state index is -0.309. The average Bonchev–Trinajstić information content (AvgIpc) is 2.12. The number of nitrogens with one attached hydrogen (secondary N) is 1. The molecule has 0 amide bonds. The molecule has 13 heavy (non-hydrogen) atoms. The van der Waals surface area contributed by atoms with Gasteiger partial charge in [0.2, 0.25) is 0 Å². The molecule has 0 saturated carbocycles. The van der Waals surface area contributed by atoms with Crippen LogP contribution in [0.1, 0.15) is 24.1 Å². The molecule has 0 aliphatic carbocycles. The Kier molecular flexibility index (Phi) is 2.04. The van der Waals surface area contributed by atoms with Crippen LogP contribution in [0.3, 0.4) is 0 Å². The quantitative estimate of drug-likeness (QED) is 0.650. The van der Waals surface area contributed by atoms with E-state index in [1.807, 2.05) is 6.92 Å². The van der Waals surface area contributed by atoms with Gasteiger partial charge in [0.25, 0.3) is 0 Å². The lowest BCUT2D eigenvalue weighted by Crippen LogP contribution is -2.29. The Morgan fingerprint density at radius 3 is 2.69 bits per heavy atom. The van der Waals surface area contributed by atoms with Gasteiger partial charge in [0.1, 0.15) is 11.6 Å². The highest BCUT2D eigenvalue weighted by Crippen LogP contribution is 2.27. The van der Waals surface area contributed by atoms with E-state index in [9.17, 15) is 8.78 Å². The molecule has 0 fully saturated rings. The zero-order valence-electron chi connectivity index (χ0n) is 7.40. The maximum atomic E-state index is 13.3. The average molecular weight is 183 g/mol. The third-order valence-corrected chi connectivity index (χ3v) is 2.51. The lowest BCUT2D eigenvalue weighted by Gasteiger charge is -2.24. The maximum absolute atomic E-state index is 13.3. The number of rotatable bonds is 0. The molecule has 0 bridgehead atoms. The van der Waals surface area contributed by atoms with E-state index in [2.05, 4.69) is 5.32 Å². The van der Waals surface area contributed by atoms with Crippen molar-refractivity contribution < 1.29 is 8.78 Å². The number of benzene rings is 1. The number of hydrogen-bond acceptors (Lipinski definition) is 1. The van der Waals surface area contributed by atoms with Crippen molar-refractivity contribution in [2.75, 3.05) is 6.54 Å². The zero-order chi connectivity index (χ0) is 9.42. The summed E-state index contributed by atoms with van der Waals surface area (Å²) in [5, 5.41) is 3.10. The van der Waals surface area contributed by atoms with E-state index in [0.717, 1.165) is 0 Å². The van der Waals surface area contributed by atoms with Gasteiger partial charge in [-0.1, -0.05) is 0 Å². The van der Waals surface area contributed by atoms with E-state index in [1.165, 1.54) is 12.1 Å². The fourth-order valence-electron chi connectivity index (χ4n) is 1.85. The summed E-state index contributed by atoms with van der Waals surface area (Å²) in [4.78, 5) is 0. The standard InChI is InChI=1S/C10H11F2N/c1-6-10-7(4-5-13-6)8(11)2-3-9(10)12/h2-3,6,13H,4-5H2,1H3. The van der Waals surface area contributed by atoms with Crippen LogP contribution >= 0.6 is 0 Å². The first kappa shape index (κ1) is 8.63. The molecule has 1 aromatic carbocycles. The van der Waals surface area contributed by atoms with Crippen molar-refractivity contribution in [1.82, 2.24) is 5.32 Å². The highest BCUT2D eigenvalue weighted by Gasteiger charge is 2.22. The molecule has 70 valence electrons. The SMILES string of the molecule is CC1NCCc2c(F)ccc(F)c21. The molecule has 0 aromatic heterocycles. The van der Waals surface area contributed by atoms with Crippen LogP contribution in [-0.4, -0.2) is 6.54 Å². The smallest absolute Gasteiger partial charge is 0.128 e. The molecule has 1 unspecified atom stereocenters. The molecule has 3 heteroatoms. The molecule has 0 saturated heterocycles. The second-order valence-corrected chi connectivity index (χ2v) is 3.35. The van der Waals surface area contributed by atoms with Gasteiger partial charge in [-0.25, -0.2) is 8.78 Å². The Labute approximate surface area is 75.8 Å². The molecule has 0 radical (unpaired) electrons. The largest absolute Gasteiger partial charge is 0.310 e. The Bertz CT molecular complexity index is 336. The maximum Gasteiger partial charge on any atom is 0.128 e. The van der Waals surface area contributed by atoms with Crippen LogP contribution in [0.25, 0.3) is 0 Å². The second kappa shape index (κ2) is 3.07. The lowest BCUT2D eigenvalue weighted by molar-refractivity contribution is 0.478. The molecule has 1 N–H and O–H groups in total. The van der Waals surface area contributed by atoms with Crippen LogP contribution in [0.2, 0.25) is 0 Å². The van der Waals surface area contributed by atoms with Crippen LogP contribution in [0.15, 0.2) is 12.1 Å². The summed E-state index contributed by atoms with van der Waals surface area (Å²) in [6.45, 7) is 2.56. The molecule has 1 nitrogen and oxygen atoms in total. The fourth-order valence-corrected chi connectivity index (χ4v) is 1.85. The lowest BCUT2D eigenvalue weighted by atomic mass is 9.94. The third-order valence-electron chi connectivity index (χ3n) is 2.51. The van der Waals surface area contributed by atoms with Gasteiger partial charge in [-0.15, -0.1) is 0 Å². The Hall–Kier alpha value is -0.960. The molecule has 1 aliphatic heterocycles. The molecule has 1 atom stereocenters. The van der Waals surface area contributed by atoms with Crippen LogP contribution < -0.4 is 5.32 Å². The molecule has 0 spiro atoms. The first-order chi connectivity index (χ1) is 6.20. The van der Waals surface area contributed by atoms with Crippen LogP contribution in [0.5, 0.6) is 0 Å². The first-order valence-corrected chi connectivity index (χ1v) is 4.40. The third kappa shape index (κ3) is 1.33. The molecule has 1 heterocycles. The van der Waals surface area contributed by atoms with E-state index in [4.69, 9.17) is 0 Å². The summed E-state index contributed by atoms with van der Waals surface area (Å²) in [5.41, 5.74) is 1.03. The summed E-state index contributed by atoms with van der Waals surface area (Å²) in [7, 11) is 0. The van der Waals surface area contributed by atoms with E-state index in [0.29, 0.717) is 24.1 Å². The van der Waals surface area contributed by atoms with Crippen molar-refractivity contribution in [3.05, 3.63) is 34.9 Å². The van der Waals surface area contributed by atoms with Gasteiger partial charge >= 0.3 is 0 Å². The molecule has 2 rings (SSSR count). The number of fused-ring (bicyclic) bond motifs is 1. The van der Waals surface area contributed by atoms with Crippen molar-refractivity contribution in [3.8, 4) is 0 Å². The van der Waals surface area contributed by atoms with Gasteiger partial charge in [-0.05, 0) is 37.6 Å². The van der Waals surface area contributed by atoms with Gasteiger partial charge in [0.05, 0.1) is 0 Å². The highest BCUT2D eigenvalue weighted by molar-refractivity contribution is 5.34. The highest BCUT2D eigenvalue weighted by atomic mass is 19.1. The Balaban J connectivity index is 2.60. The molecule has 1 aromatic rings. The van der Waals surface area contributed by atoms with Gasteiger partial charge in [0.15, 0.2) is 0 Å². The van der Waals surface area contributed by atoms with E-state index in [-0.39, 0.29) is 17.7 Å². The van der Waals surface area contributed by atoms with Gasteiger partial charge < -0.3 is 5.32 Å². The van der Waals surface area contributed by atoms with Crippen molar-refractivity contribution >= 4 is 0 Å². The van der Waals surface area contributed by atoms with Crippen LogP contribution in [0, 0.1) is 11.6 Å². The summed E-state index contributed by atoms with van der Waals surface area (Å²) in [5.74, 6) is -0.596. The van der Waals surface area contributed by atoms with Crippen molar-refractivity contribution in [2.45, 2.75) is 19.4 Å². The topological polar surface area (TPSA) is 12.0 Å². The summed E-state index contributed by atoms with van der Waals surface area (Å²) >= 11 is 0.